The van der Waals surface area contributed by atoms with Crippen molar-refractivity contribution in [3.63, 3.8) is 0 Å². The Kier molecular flexibility index (Phi) is 65.6. The maximum atomic E-state index is 12.9. The normalized spacial score (nSPS) is 13.0. The molecular weight excluding hydrogens is 1060 g/mol. The van der Waals surface area contributed by atoms with Crippen LogP contribution in [-0.2, 0) is 32.7 Å². The van der Waals surface area contributed by atoms with E-state index in [2.05, 4.69) is 13.8 Å². The summed E-state index contributed by atoms with van der Waals surface area (Å²) >= 11 is 0. The summed E-state index contributed by atoms with van der Waals surface area (Å²) in [5.74, 6) is -0.765. The lowest BCUT2D eigenvalue weighted by Gasteiger charge is -2.24. The van der Waals surface area contributed by atoms with Gasteiger partial charge in [0, 0.05) is 12.8 Å². The minimum atomic E-state index is -4.39. The molecule has 2 atom stereocenters. The molecule has 0 fully saturated rings. The molecule has 0 aromatic heterocycles. The Hall–Kier alpha value is -0.990. The third-order valence-electron chi connectivity index (χ3n) is 17.6. The summed E-state index contributed by atoms with van der Waals surface area (Å²) in [5.41, 5.74) is 0. The molecular formula is C74H149NO8P+. The van der Waals surface area contributed by atoms with Crippen molar-refractivity contribution < 1.29 is 42.1 Å². The molecule has 2 unspecified atom stereocenters. The zero-order valence-electron chi connectivity index (χ0n) is 57.4. The lowest BCUT2D eigenvalue weighted by molar-refractivity contribution is -0.870. The van der Waals surface area contributed by atoms with E-state index in [1.807, 2.05) is 21.1 Å². The molecule has 0 bridgehead atoms. The Labute approximate surface area is 524 Å². The number of carbonyl (C=O) groups excluding carboxylic acids is 2. The second kappa shape index (κ2) is 66.4. The van der Waals surface area contributed by atoms with Gasteiger partial charge in [0.1, 0.15) is 19.8 Å². The van der Waals surface area contributed by atoms with Crippen LogP contribution in [0, 0.1) is 0 Å². The number of esters is 2. The van der Waals surface area contributed by atoms with E-state index in [9.17, 15) is 19.0 Å². The van der Waals surface area contributed by atoms with Crippen molar-refractivity contribution in [2.24, 2.45) is 0 Å². The molecule has 0 saturated heterocycles. The molecule has 502 valence electrons. The SMILES string of the molecule is CCCCCCCCCCCCCCCCCCCCCCCCCCCCCCCCCC(=O)OC(COC(=O)CCCCCCCCCCCCCCCCCCCCCCCCCCCCCCC)COP(=O)(O)OCC[N+](C)(C)C. The van der Waals surface area contributed by atoms with Gasteiger partial charge in [0.15, 0.2) is 6.10 Å². The van der Waals surface area contributed by atoms with E-state index in [0.29, 0.717) is 17.4 Å². The lowest BCUT2D eigenvalue weighted by atomic mass is 10.0. The largest absolute Gasteiger partial charge is 0.472 e. The average molecular weight is 1210 g/mol. The van der Waals surface area contributed by atoms with Gasteiger partial charge in [-0.2, -0.15) is 0 Å². The van der Waals surface area contributed by atoms with E-state index in [0.717, 1.165) is 38.5 Å². The number of carbonyl (C=O) groups is 2. The second-order valence-corrected chi connectivity index (χ2v) is 28.9. The zero-order valence-corrected chi connectivity index (χ0v) is 58.3. The van der Waals surface area contributed by atoms with Crippen molar-refractivity contribution in [1.29, 1.82) is 0 Å². The first-order valence-electron chi connectivity index (χ1n) is 37.8. The summed E-state index contributed by atoms with van der Waals surface area (Å²) in [6.45, 7) is 4.54. The van der Waals surface area contributed by atoms with Crippen molar-refractivity contribution in [3.8, 4) is 0 Å². The van der Waals surface area contributed by atoms with Crippen LogP contribution in [0.25, 0.3) is 0 Å². The van der Waals surface area contributed by atoms with Gasteiger partial charge < -0.3 is 18.9 Å². The summed E-state index contributed by atoms with van der Waals surface area (Å²) in [6.07, 6.45) is 81.0. The van der Waals surface area contributed by atoms with Gasteiger partial charge in [-0.3, -0.25) is 18.6 Å². The Morgan fingerprint density at radius 2 is 0.536 bits per heavy atom. The third kappa shape index (κ3) is 70.1. The Morgan fingerprint density at radius 1 is 0.321 bits per heavy atom. The van der Waals surface area contributed by atoms with Gasteiger partial charge in [0.25, 0.3) is 0 Å². The molecule has 0 rings (SSSR count). The van der Waals surface area contributed by atoms with Gasteiger partial charge >= 0.3 is 19.8 Å². The summed E-state index contributed by atoms with van der Waals surface area (Å²) in [4.78, 5) is 35.9. The first-order chi connectivity index (χ1) is 41.0. The number of hydrogen-bond donors (Lipinski definition) is 1. The Balaban J connectivity index is 3.93. The van der Waals surface area contributed by atoms with E-state index in [-0.39, 0.29) is 25.6 Å². The molecule has 0 aromatic rings. The van der Waals surface area contributed by atoms with E-state index in [1.54, 1.807) is 0 Å². The van der Waals surface area contributed by atoms with Crippen molar-refractivity contribution in [3.05, 3.63) is 0 Å². The van der Waals surface area contributed by atoms with E-state index in [1.165, 1.54) is 347 Å². The first-order valence-corrected chi connectivity index (χ1v) is 39.3. The smallest absolute Gasteiger partial charge is 0.462 e. The number of unbranched alkanes of at least 4 members (excludes halogenated alkanes) is 58. The Morgan fingerprint density at radius 3 is 0.762 bits per heavy atom. The summed E-state index contributed by atoms with van der Waals surface area (Å²) in [7, 11) is 1.51. The summed E-state index contributed by atoms with van der Waals surface area (Å²) < 4.78 is 34.8. The summed E-state index contributed by atoms with van der Waals surface area (Å²) in [5, 5.41) is 0. The molecule has 0 heterocycles. The van der Waals surface area contributed by atoms with Crippen molar-refractivity contribution in [1.82, 2.24) is 0 Å². The highest BCUT2D eigenvalue weighted by Crippen LogP contribution is 2.43. The van der Waals surface area contributed by atoms with E-state index >= 15 is 0 Å². The number of hydrogen-bond acceptors (Lipinski definition) is 7. The molecule has 0 aliphatic heterocycles. The van der Waals surface area contributed by atoms with Crippen LogP contribution < -0.4 is 0 Å². The number of phosphoric acid groups is 1. The predicted molar refractivity (Wildman–Crippen MR) is 363 cm³/mol. The van der Waals surface area contributed by atoms with Gasteiger partial charge in [0.05, 0.1) is 27.7 Å². The highest BCUT2D eigenvalue weighted by molar-refractivity contribution is 7.47. The molecule has 0 spiro atoms. The number of likely N-dealkylation sites (N-methyl/N-ethyl adjacent to an activating group) is 1. The van der Waals surface area contributed by atoms with Crippen LogP contribution in [0.3, 0.4) is 0 Å². The fourth-order valence-corrected chi connectivity index (χ4v) is 12.6. The molecule has 0 aromatic carbocycles. The molecule has 1 N–H and O–H groups in total. The quantitative estimate of drug-likeness (QED) is 0.0278. The van der Waals surface area contributed by atoms with Gasteiger partial charge in [-0.15, -0.1) is 0 Å². The van der Waals surface area contributed by atoms with Crippen molar-refractivity contribution in [2.45, 2.75) is 418 Å². The van der Waals surface area contributed by atoms with Crippen LogP contribution in [0.1, 0.15) is 412 Å². The first kappa shape index (κ1) is 83.0. The molecule has 0 aliphatic rings. The number of phosphoric ester groups is 1. The van der Waals surface area contributed by atoms with Crippen LogP contribution in [0.5, 0.6) is 0 Å². The molecule has 0 saturated carbocycles. The van der Waals surface area contributed by atoms with Crippen LogP contribution in [0.4, 0.5) is 0 Å². The van der Waals surface area contributed by atoms with Gasteiger partial charge in [-0.1, -0.05) is 386 Å². The highest BCUT2D eigenvalue weighted by Gasteiger charge is 2.27. The molecule has 0 radical (unpaired) electrons. The minimum Gasteiger partial charge on any atom is -0.462 e. The number of ether oxygens (including phenoxy) is 2. The van der Waals surface area contributed by atoms with Crippen LogP contribution >= 0.6 is 7.82 Å². The molecule has 9 nitrogen and oxygen atoms in total. The molecule has 84 heavy (non-hydrogen) atoms. The van der Waals surface area contributed by atoms with Gasteiger partial charge in [0.2, 0.25) is 0 Å². The maximum absolute atomic E-state index is 12.9. The monoisotopic (exact) mass is 1210 g/mol. The standard InChI is InChI=1S/C74H148NO8P/c1-6-8-10-12-14-16-18-20-22-24-26-28-30-32-34-36-37-39-41-43-45-47-49-51-53-55-57-59-61-63-65-67-74(77)83-72(71-82-84(78,79)81-69-68-75(3,4)5)70-80-73(76)66-64-62-60-58-56-54-52-50-48-46-44-42-40-38-35-33-31-29-27-25-23-21-19-17-15-13-11-9-7-2/h72H,6-71H2,1-5H3/p+1. The van der Waals surface area contributed by atoms with Crippen molar-refractivity contribution >= 4 is 19.8 Å². The third-order valence-corrected chi connectivity index (χ3v) is 18.6. The van der Waals surface area contributed by atoms with Crippen LogP contribution in [0.15, 0.2) is 0 Å². The molecule has 10 heteroatoms. The average Bonchev–Trinajstić information content (AvgIpc) is 3.61. The number of rotatable bonds is 72. The number of nitrogens with zero attached hydrogens (tertiary/aromatic N) is 1. The fraction of sp³-hybridized carbons (Fsp3) is 0.973. The highest BCUT2D eigenvalue weighted by atomic mass is 31.2. The second-order valence-electron chi connectivity index (χ2n) is 27.4. The zero-order chi connectivity index (χ0) is 61.2. The van der Waals surface area contributed by atoms with Crippen LogP contribution in [-0.4, -0.2) is 74.9 Å². The minimum absolute atomic E-state index is 0.0378. The topological polar surface area (TPSA) is 108 Å². The molecule has 0 amide bonds. The maximum Gasteiger partial charge on any atom is 0.472 e. The Bertz CT molecular complexity index is 1370. The van der Waals surface area contributed by atoms with Crippen molar-refractivity contribution in [2.75, 3.05) is 47.5 Å². The summed E-state index contributed by atoms with van der Waals surface area (Å²) in [6, 6.07) is 0. The van der Waals surface area contributed by atoms with E-state index in [4.69, 9.17) is 18.5 Å². The van der Waals surface area contributed by atoms with Gasteiger partial charge in [-0.05, 0) is 12.8 Å². The fourth-order valence-electron chi connectivity index (χ4n) is 11.8. The molecule has 0 aliphatic carbocycles. The van der Waals surface area contributed by atoms with E-state index < -0.39 is 26.5 Å². The lowest BCUT2D eigenvalue weighted by Crippen LogP contribution is -2.37. The number of quaternary nitrogens is 1. The van der Waals surface area contributed by atoms with Gasteiger partial charge in [-0.25, -0.2) is 4.57 Å². The predicted octanol–water partition coefficient (Wildman–Crippen LogP) is 24.5. The van der Waals surface area contributed by atoms with Crippen LogP contribution in [0.2, 0.25) is 0 Å².